The van der Waals surface area contributed by atoms with Gasteiger partial charge in [-0.3, -0.25) is 4.90 Å². The molecule has 2 rings (SSSR count). The number of morpholine rings is 1. The molecule has 0 aromatic rings. The zero-order chi connectivity index (χ0) is 11.8. The molecule has 1 aliphatic heterocycles. The van der Waals surface area contributed by atoms with Crippen LogP contribution in [0.5, 0.6) is 0 Å². The quantitative estimate of drug-likeness (QED) is 0.694. The molecule has 0 radical (unpaired) electrons. The van der Waals surface area contributed by atoms with Crippen LogP contribution >= 0.6 is 0 Å². The second-order valence-electron chi connectivity index (χ2n) is 4.61. The van der Waals surface area contributed by atoms with Gasteiger partial charge in [0.2, 0.25) is 0 Å². The lowest BCUT2D eigenvalue weighted by Crippen LogP contribution is -2.50. The maximum Gasteiger partial charge on any atom is 0.506 e. The Morgan fingerprint density at radius 1 is 1.38 bits per heavy atom. The largest absolute Gasteiger partial charge is 0.506 e. The third-order valence-corrected chi connectivity index (χ3v) is 3.47. The number of ether oxygens (including phenoxy) is 1. The fraction of sp³-hybridized carbons (Fsp3) is 0.800. The predicted octanol–water partition coefficient (Wildman–Crippen LogP) is 2.18. The van der Waals surface area contributed by atoms with Gasteiger partial charge in [-0.1, -0.05) is 0 Å². The van der Waals surface area contributed by atoms with Crippen molar-refractivity contribution in [1.29, 1.82) is 0 Å². The highest BCUT2D eigenvalue weighted by Crippen LogP contribution is 2.31. The molecule has 0 aromatic heterocycles. The lowest BCUT2D eigenvalue weighted by atomic mass is 9.80. The van der Waals surface area contributed by atoms with Crippen LogP contribution in [0.2, 0.25) is 0 Å². The Kier molecular flexibility index (Phi) is 3.30. The van der Waals surface area contributed by atoms with Crippen molar-refractivity contribution in [2.24, 2.45) is 0 Å². The van der Waals surface area contributed by atoms with E-state index in [9.17, 15) is 12.9 Å². The average Bonchev–Trinajstić information content (AvgIpc) is 2.65. The van der Waals surface area contributed by atoms with Crippen molar-refractivity contribution in [2.75, 3.05) is 19.7 Å². The van der Waals surface area contributed by atoms with Crippen LogP contribution < -0.4 is 0 Å². The molecule has 6 heteroatoms. The molecule has 2 nitrogen and oxygen atoms in total. The number of hydrogen-bond donors (Lipinski definition) is 0. The molecule has 0 aromatic carbocycles. The van der Waals surface area contributed by atoms with Gasteiger partial charge in [0.1, 0.15) is 0 Å². The molecule has 1 saturated carbocycles. The van der Waals surface area contributed by atoms with Crippen molar-refractivity contribution in [3.05, 3.63) is 12.1 Å². The fourth-order valence-electron chi connectivity index (χ4n) is 2.57. The molecule has 92 valence electrons. The summed E-state index contributed by atoms with van der Waals surface area (Å²) in [5.74, 6) is 0. The zero-order valence-electron chi connectivity index (χ0n) is 9.17. The monoisotopic (exact) mass is 234 g/mol. The predicted molar refractivity (Wildman–Crippen MR) is 57.2 cm³/mol. The summed E-state index contributed by atoms with van der Waals surface area (Å²) in [6, 6.07) is 0.170. The Hall–Kier alpha value is -0.485. The van der Waals surface area contributed by atoms with Crippen LogP contribution in [0.4, 0.5) is 12.9 Å². The summed E-state index contributed by atoms with van der Waals surface area (Å²) in [7, 11) is 0. The minimum absolute atomic E-state index is 0.0476. The molecular formula is C10H16BF3NO-. The van der Waals surface area contributed by atoms with Gasteiger partial charge in [-0.2, -0.15) is 0 Å². The number of hydrogen-bond acceptors (Lipinski definition) is 2. The summed E-state index contributed by atoms with van der Waals surface area (Å²) >= 11 is 0. The van der Waals surface area contributed by atoms with Gasteiger partial charge in [-0.25, -0.2) is 0 Å². The number of fused-ring (bicyclic) bond motifs is 1. The third kappa shape index (κ3) is 2.43. The fourth-order valence-corrected chi connectivity index (χ4v) is 2.57. The summed E-state index contributed by atoms with van der Waals surface area (Å²) in [5.41, 5.74) is -0.590. The van der Waals surface area contributed by atoms with Crippen molar-refractivity contribution in [3.8, 4) is 0 Å². The van der Waals surface area contributed by atoms with Gasteiger partial charge in [-0.05, 0) is 25.8 Å². The number of nitrogens with zero attached hydrogens (tertiary/aromatic N) is 1. The highest BCUT2D eigenvalue weighted by Gasteiger charge is 2.37. The average molecular weight is 234 g/mol. The lowest BCUT2D eigenvalue weighted by molar-refractivity contribution is -0.0517. The van der Waals surface area contributed by atoms with E-state index < -0.39 is 12.4 Å². The van der Waals surface area contributed by atoms with Crippen LogP contribution in [0, 0.1) is 0 Å². The van der Waals surface area contributed by atoms with E-state index in [1.165, 1.54) is 0 Å². The minimum Gasteiger partial charge on any atom is -0.445 e. The molecule has 2 aliphatic rings. The van der Waals surface area contributed by atoms with E-state index >= 15 is 0 Å². The van der Waals surface area contributed by atoms with Gasteiger partial charge in [0.15, 0.2) is 0 Å². The van der Waals surface area contributed by atoms with Gasteiger partial charge >= 0.3 is 6.98 Å². The first-order chi connectivity index (χ1) is 7.48. The van der Waals surface area contributed by atoms with E-state index in [1.807, 2.05) is 4.90 Å². The Bertz CT molecular complexity index is 282. The SMILES string of the molecule is C=C(CN1CCOC2CCCC21)[B-](F)(F)F. The Labute approximate surface area is 93.5 Å². The molecule has 0 amide bonds. The van der Waals surface area contributed by atoms with Crippen LogP contribution in [0.25, 0.3) is 0 Å². The van der Waals surface area contributed by atoms with Crippen LogP contribution in [-0.4, -0.2) is 43.7 Å². The van der Waals surface area contributed by atoms with E-state index in [2.05, 4.69) is 6.58 Å². The third-order valence-electron chi connectivity index (χ3n) is 3.47. The summed E-state index contributed by atoms with van der Waals surface area (Å²) in [6.45, 7) is -0.661. The van der Waals surface area contributed by atoms with E-state index in [0.717, 1.165) is 19.3 Å². The molecule has 1 aliphatic carbocycles. The standard InChI is InChI=1S/C10H16BF3NO/c1-8(11(12,13)14)7-15-5-6-16-10-4-2-3-9(10)15/h9-10H,1-7H2/q-1. The maximum absolute atomic E-state index is 12.5. The molecule has 0 N–H and O–H groups in total. The highest BCUT2D eigenvalue weighted by atomic mass is 19.4. The molecule has 0 bridgehead atoms. The van der Waals surface area contributed by atoms with E-state index in [4.69, 9.17) is 4.74 Å². The Morgan fingerprint density at radius 3 is 2.81 bits per heavy atom. The topological polar surface area (TPSA) is 12.5 Å². The highest BCUT2D eigenvalue weighted by molar-refractivity contribution is 6.66. The first-order valence-corrected chi connectivity index (χ1v) is 5.72. The summed E-state index contributed by atoms with van der Waals surface area (Å²) < 4.78 is 42.9. The van der Waals surface area contributed by atoms with Crippen LogP contribution in [0.15, 0.2) is 12.1 Å². The number of halogens is 3. The molecule has 2 unspecified atom stereocenters. The second kappa shape index (κ2) is 4.41. The van der Waals surface area contributed by atoms with Crippen molar-refractivity contribution >= 4 is 6.98 Å². The van der Waals surface area contributed by atoms with Crippen LogP contribution in [0.1, 0.15) is 19.3 Å². The van der Waals surface area contributed by atoms with Crippen molar-refractivity contribution in [1.82, 2.24) is 4.90 Å². The molecular weight excluding hydrogens is 218 g/mol. The van der Waals surface area contributed by atoms with E-state index in [1.54, 1.807) is 0 Å². The van der Waals surface area contributed by atoms with Gasteiger partial charge < -0.3 is 17.7 Å². The van der Waals surface area contributed by atoms with Gasteiger partial charge in [-0.15, -0.1) is 12.1 Å². The minimum atomic E-state index is -4.90. The molecule has 16 heavy (non-hydrogen) atoms. The lowest BCUT2D eigenvalue weighted by Gasteiger charge is -2.39. The second-order valence-corrected chi connectivity index (χ2v) is 4.61. The molecule has 1 saturated heterocycles. The van der Waals surface area contributed by atoms with Gasteiger partial charge in [0.25, 0.3) is 0 Å². The zero-order valence-corrected chi connectivity index (χ0v) is 9.17. The summed E-state index contributed by atoms with van der Waals surface area (Å²) in [5, 5.41) is 0. The first kappa shape index (κ1) is 12.0. The first-order valence-electron chi connectivity index (χ1n) is 5.72. The summed E-state index contributed by atoms with van der Waals surface area (Å²) in [4.78, 5) is 1.89. The molecule has 2 atom stereocenters. The Morgan fingerprint density at radius 2 is 2.12 bits per heavy atom. The molecule has 1 heterocycles. The van der Waals surface area contributed by atoms with Gasteiger partial charge in [0, 0.05) is 12.6 Å². The summed E-state index contributed by atoms with van der Waals surface area (Å²) in [6.07, 6.45) is 3.12. The number of rotatable bonds is 3. The van der Waals surface area contributed by atoms with Crippen molar-refractivity contribution in [3.63, 3.8) is 0 Å². The maximum atomic E-state index is 12.5. The molecule has 2 fully saturated rings. The van der Waals surface area contributed by atoms with Gasteiger partial charge in [0.05, 0.1) is 12.7 Å². The van der Waals surface area contributed by atoms with Crippen molar-refractivity contribution in [2.45, 2.75) is 31.4 Å². The van der Waals surface area contributed by atoms with E-state index in [-0.39, 0.29) is 18.7 Å². The van der Waals surface area contributed by atoms with Crippen molar-refractivity contribution < 1.29 is 17.7 Å². The smallest absolute Gasteiger partial charge is 0.445 e. The van der Waals surface area contributed by atoms with Crippen LogP contribution in [0.3, 0.4) is 0 Å². The van der Waals surface area contributed by atoms with E-state index in [0.29, 0.717) is 13.2 Å². The normalized spacial score (nSPS) is 31.4. The van der Waals surface area contributed by atoms with Crippen LogP contribution in [-0.2, 0) is 4.74 Å². The Balaban J connectivity index is 1.96. The molecule has 0 spiro atoms.